The highest BCUT2D eigenvalue weighted by molar-refractivity contribution is 8.76. The molecule has 0 aliphatic rings. The Morgan fingerprint density at radius 2 is 2.40 bits per heavy atom. The van der Waals surface area contributed by atoms with Crippen LogP contribution in [0.2, 0.25) is 0 Å². The Bertz CT molecular complexity index is 331. The minimum absolute atomic E-state index is 0.0143. The largest absolute Gasteiger partial charge is 0.395 e. The van der Waals surface area contributed by atoms with Crippen molar-refractivity contribution in [3.05, 3.63) is 28.4 Å². The van der Waals surface area contributed by atoms with Gasteiger partial charge in [0.2, 0.25) is 0 Å². The Morgan fingerprint density at radius 3 is 2.87 bits per heavy atom. The lowest BCUT2D eigenvalue weighted by molar-refractivity contribution is -0.385. The van der Waals surface area contributed by atoms with E-state index < -0.39 is 4.92 Å². The van der Waals surface area contributed by atoms with E-state index >= 15 is 0 Å². The summed E-state index contributed by atoms with van der Waals surface area (Å²) in [5.74, 6) is 0. The van der Waals surface area contributed by atoms with Crippen molar-refractivity contribution in [2.45, 2.75) is 17.2 Å². The highest BCUT2D eigenvalue weighted by Crippen LogP contribution is 2.33. The molecule has 82 valence electrons. The number of nitrogens with zero attached hydrogens (tertiary/aromatic N) is 2. The van der Waals surface area contributed by atoms with Gasteiger partial charge in [0.15, 0.2) is 0 Å². The molecule has 0 fully saturated rings. The van der Waals surface area contributed by atoms with Crippen molar-refractivity contribution in [3.63, 3.8) is 0 Å². The van der Waals surface area contributed by atoms with Crippen LogP contribution < -0.4 is 0 Å². The average molecular weight is 246 g/mol. The Morgan fingerprint density at radius 1 is 1.67 bits per heavy atom. The molecule has 1 aromatic heterocycles. The van der Waals surface area contributed by atoms with Crippen molar-refractivity contribution in [1.29, 1.82) is 0 Å². The summed E-state index contributed by atoms with van der Waals surface area (Å²) >= 11 is 0. The summed E-state index contributed by atoms with van der Waals surface area (Å²) in [6.07, 6.45) is 1.23. The number of pyridine rings is 1. The van der Waals surface area contributed by atoms with E-state index in [0.29, 0.717) is 5.03 Å². The molecule has 1 N–H and O–H groups in total. The van der Waals surface area contributed by atoms with Gasteiger partial charge in [-0.25, -0.2) is 4.98 Å². The molecule has 0 bridgehead atoms. The molecule has 0 unspecified atom stereocenters. The van der Waals surface area contributed by atoms with E-state index in [1.54, 1.807) is 6.07 Å². The third kappa shape index (κ3) is 4.06. The Balaban J connectivity index is 2.53. The predicted molar refractivity (Wildman–Crippen MR) is 60.9 cm³/mol. The van der Waals surface area contributed by atoms with Crippen molar-refractivity contribution < 1.29 is 10.0 Å². The molecule has 1 rings (SSSR count). The molecule has 1 atom stereocenters. The van der Waals surface area contributed by atoms with Crippen LogP contribution in [-0.4, -0.2) is 26.9 Å². The molecule has 1 aromatic rings. The fourth-order valence-electron chi connectivity index (χ4n) is 0.692. The number of hydrogen-bond acceptors (Lipinski definition) is 6. The molecule has 0 aromatic carbocycles. The van der Waals surface area contributed by atoms with Gasteiger partial charge < -0.3 is 5.11 Å². The Hall–Kier alpha value is -0.790. The molecular weight excluding hydrogens is 236 g/mol. The summed E-state index contributed by atoms with van der Waals surface area (Å²) in [6.45, 7) is 1.99. The predicted octanol–water partition coefficient (Wildman–Crippen LogP) is 2.11. The molecule has 0 spiro atoms. The first-order chi connectivity index (χ1) is 7.13. The zero-order valence-corrected chi connectivity index (χ0v) is 9.62. The average Bonchev–Trinajstić information content (AvgIpc) is 2.26. The third-order valence-corrected chi connectivity index (χ3v) is 4.26. The summed E-state index contributed by atoms with van der Waals surface area (Å²) in [6, 6.07) is 3.01. The van der Waals surface area contributed by atoms with Gasteiger partial charge in [-0.15, -0.1) is 0 Å². The molecule has 1 heterocycles. The van der Waals surface area contributed by atoms with Crippen molar-refractivity contribution in [2.24, 2.45) is 0 Å². The first-order valence-electron chi connectivity index (χ1n) is 4.18. The first-order valence-corrected chi connectivity index (χ1v) is 6.39. The van der Waals surface area contributed by atoms with E-state index in [9.17, 15) is 10.1 Å². The number of hydrogen-bond donors (Lipinski definition) is 1. The molecule has 0 radical (unpaired) electrons. The van der Waals surface area contributed by atoms with Crippen molar-refractivity contribution >= 4 is 27.3 Å². The lowest BCUT2D eigenvalue weighted by Gasteiger charge is -2.04. The molecule has 0 saturated carbocycles. The number of aromatic nitrogens is 1. The lowest BCUT2D eigenvalue weighted by atomic mass is 10.4. The van der Waals surface area contributed by atoms with Gasteiger partial charge in [-0.1, -0.05) is 17.7 Å². The van der Waals surface area contributed by atoms with Crippen LogP contribution in [-0.2, 0) is 0 Å². The van der Waals surface area contributed by atoms with E-state index in [0.717, 1.165) is 0 Å². The summed E-state index contributed by atoms with van der Waals surface area (Å²) in [7, 11) is 2.87. The zero-order chi connectivity index (χ0) is 11.3. The normalized spacial score (nSPS) is 12.4. The minimum Gasteiger partial charge on any atom is -0.395 e. The molecule has 0 aliphatic heterocycles. The van der Waals surface area contributed by atoms with E-state index in [1.165, 1.54) is 33.9 Å². The molecule has 15 heavy (non-hydrogen) atoms. The van der Waals surface area contributed by atoms with Gasteiger partial charge in [0.25, 0.3) is 5.69 Å². The van der Waals surface area contributed by atoms with Gasteiger partial charge in [-0.3, -0.25) is 10.1 Å². The smallest absolute Gasteiger partial charge is 0.287 e. The van der Waals surface area contributed by atoms with Crippen LogP contribution in [0, 0.1) is 10.1 Å². The van der Waals surface area contributed by atoms with Gasteiger partial charge in [-0.05, 0) is 16.9 Å². The highest BCUT2D eigenvalue weighted by Gasteiger charge is 2.07. The maximum atomic E-state index is 10.3. The van der Waals surface area contributed by atoms with Gasteiger partial charge in [0.05, 0.1) is 11.5 Å². The van der Waals surface area contributed by atoms with Crippen LogP contribution in [0.5, 0.6) is 0 Å². The van der Waals surface area contributed by atoms with E-state index in [1.807, 2.05) is 6.92 Å². The maximum Gasteiger partial charge on any atom is 0.287 e. The molecule has 0 aliphatic carbocycles. The molecule has 5 nitrogen and oxygen atoms in total. The van der Waals surface area contributed by atoms with Crippen LogP contribution in [0.3, 0.4) is 0 Å². The number of rotatable bonds is 5. The minimum atomic E-state index is -0.481. The van der Waals surface area contributed by atoms with Gasteiger partial charge in [0, 0.05) is 11.3 Å². The fourth-order valence-corrected chi connectivity index (χ4v) is 2.50. The second kappa shape index (κ2) is 5.94. The van der Waals surface area contributed by atoms with Crippen LogP contribution in [0.25, 0.3) is 0 Å². The maximum absolute atomic E-state index is 10.3. The standard InChI is InChI=1S/C8H10N2O3S2/c1-6(5-11)14-15-8-3-2-7(4-9-8)10(12)13/h2-4,6,11H,5H2,1H3/t6-/m1/s1. The third-order valence-electron chi connectivity index (χ3n) is 1.49. The van der Waals surface area contributed by atoms with E-state index in [-0.39, 0.29) is 17.5 Å². The molecular formula is C8H10N2O3S2. The fraction of sp³-hybridized carbons (Fsp3) is 0.375. The van der Waals surface area contributed by atoms with Crippen molar-refractivity contribution in [3.8, 4) is 0 Å². The van der Waals surface area contributed by atoms with E-state index in [4.69, 9.17) is 5.11 Å². The SMILES string of the molecule is C[C@H](CO)SSc1ccc([N+](=O)[O-])cn1. The van der Waals surface area contributed by atoms with Gasteiger partial charge in [0.1, 0.15) is 11.2 Å². The van der Waals surface area contributed by atoms with Crippen molar-refractivity contribution in [2.75, 3.05) is 6.61 Å². The first kappa shape index (κ1) is 12.3. The Labute approximate surface area is 94.8 Å². The molecule has 0 saturated heterocycles. The van der Waals surface area contributed by atoms with E-state index in [2.05, 4.69) is 4.98 Å². The molecule has 7 heteroatoms. The van der Waals surface area contributed by atoms with Crippen LogP contribution >= 0.6 is 21.6 Å². The summed E-state index contributed by atoms with van der Waals surface area (Å²) in [5.41, 5.74) is -0.0143. The summed E-state index contributed by atoms with van der Waals surface area (Å²) in [4.78, 5) is 13.8. The lowest BCUT2D eigenvalue weighted by Crippen LogP contribution is -1.99. The summed E-state index contributed by atoms with van der Waals surface area (Å²) in [5, 5.41) is 19.9. The topological polar surface area (TPSA) is 76.3 Å². The summed E-state index contributed by atoms with van der Waals surface area (Å²) < 4.78 is 0. The monoisotopic (exact) mass is 246 g/mol. The highest BCUT2D eigenvalue weighted by atomic mass is 33.1. The van der Waals surface area contributed by atoms with Crippen LogP contribution in [0.15, 0.2) is 23.4 Å². The number of nitro groups is 1. The van der Waals surface area contributed by atoms with Crippen molar-refractivity contribution in [1.82, 2.24) is 4.98 Å². The van der Waals surface area contributed by atoms with Crippen LogP contribution in [0.4, 0.5) is 5.69 Å². The Kier molecular flexibility index (Phi) is 4.86. The zero-order valence-electron chi connectivity index (χ0n) is 7.99. The second-order valence-electron chi connectivity index (χ2n) is 2.78. The van der Waals surface area contributed by atoms with Gasteiger partial charge in [-0.2, -0.15) is 0 Å². The quantitative estimate of drug-likeness (QED) is 0.487. The molecule has 0 amide bonds. The van der Waals surface area contributed by atoms with Crippen LogP contribution in [0.1, 0.15) is 6.92 Å². The second-order valence-corrected chi connectivity index (χ2v) is 5.44. The number of aliphatic hydroxyl groups is 1. The number of aliphatic hydroxyl groups excluding tert-OH is 1. The van der Waals surface area contributed by atoms with Gasteiger partial charge >= 0.3 is 0 Å².